The molecule has 0 fully saturated rings. The van der Waals surface area contributed by atoms with Gasteiger partial charge in [0.1, 0.15) is 23.0 Å². The van der Waals surface area contributed by atoms with Crippen LogP contribution in [0.5, 0.6) is 11.5 Å². The largest absolute Gasteiger partial charge is 0.457 e. The molecule has 0 saturated carbocycles. The molecule has 0 radical (unpaired) electrons. The van der Waals surface area contributed by atoms with Crippen molar-refractivity contribution in [3.05, 3.63) is 96.3 Å². The predicted octanol–water partition coefficient (Wildman–Crippen LogP) is 6.68. The van der Waals surface area contributed by atoms with Crippen LogP contribution in [0, 0.1) is 5.82 Å². The minimum atomic E-state index is -0.688. The summed E-state index contributed by atoms with van der Waals surface area (Å²) in [4.78, 5) is 36.5. The lowest BCUT2D eigenvalue weighted by atomic mass is 10.1. The number of carbonyl (C=O) groups is 2. The van der Waals surface area contributed by atoms with Crippen molar-refractivity contribution in [1.29, 1.82) is 0 Å². The maximum absolute atomic E-state index is 14.9. The lowest BCUT2D eigenvalue weighted by Gasteiger charge is -2.11. The van der Waals surface area contributed by atoms with Crippen LogP contribution in [-0.4, -0.2) is 33.9 Å². The summed E-state index contributed by atoms with van der Waals surface area (Å²) in [6.45, 7) is 4.10. The third-order valence-corrected chi connectivity index (χ3v) is 6.22. The van der Waals surface area contributed by atoms with Gasteiger partial charge in [0.05, 0.1) is 22.6 Å². The van der Waals surface area contributed by atoms with E-state index in [9.17, 15) is 14.0 Å². The van der Waals surface area contributed by atoms with E-state index in [1.54, 1.807) is 12.3 Å². The summed E-state index contributed by atoms with van der Waals surface area (Å²) in [5.74, 6) is -0.356. The van der Waals surface area contributed by atoms with Crippen LogP contribution >= 0.6 is 0 Å². The summed E-state index contributed by atoms with van der Waals surface area (Å²) in [6.07, 6.45) is 3.16. The fraction of sp³-hybridized carbons (Fsp3) is 0.133. The molecule has 202 valence electrons. The first-order valence-electron chi connectivity index (χ1n) is 12.6. The van der Waals surface area contributed by atoms with Crippen LogP contribution in [0.15, 0.2) is 79.1 Å². The van der Waals surface area contributed by atoms with Crippen molar-refractivity contribution in [2.45, 2.75) is 19.8 Å². The fourth-order valence-electron chi connectivity index (χ4n) is 4.14. The lowest BCUT2D eigenvalue weighted by molar-refractivity contribution is 0.0957. The predicted molar refractivity (Wildman–Crippen MR) is 152 cm³/mol. The van der Waals surface area contributed by atoms with E-state index in [1.807, 2.05) is 50.2 Å². The maximum atomic E-state index is 14.9. The monoisotopic (exact) mass is 538 g/mol. The van der Waals surface area contributed by atoms with Gasteiger partial charge in [-0.3, -0.25) is 14.8 Å². The smallest absolute Gasteiger partial charge is 0.323 e. The number of aromatic amines is 1. The number of benzene rings is 2. The van der Waals surface area contributed by atoms with Crippen LogP contribution < -0.4 is 20.7 Å². The molecule has 2 aromatic carbocycles. The molecule has 3 heterocycles. The van der Waals surface area contributed by atoms with Gasteiger partial charge < -0.3 is 25.7 Å². The van der Waals surface area contributed by atoms with E-state index in [2.05, 4.69) is 30.9 Å². The van der Waals surface area contributed by atoms with E-state index < -0.39 is 11.8 Å². The van der Waals surface area contributed by atoms with E-state index >= 15 is 0 Å². The van der Waals surface area contributed by atoms with Crippen LogP contribution in [0.2, 0.25) is 0 Å². The Labute approximate surface area is 229 Å². The standard InChI is InChI=1S/C30H27FN6O3/c1-17(2)25-16-26(28(35-25)19-6-8-23-18(13-19)5-4-11-33-23)37-30(39)36-24-9-7-20(14-22(24)31)40-21-10-12-34-27(15-21)29(38)32-3/h4-17,35H,1-3H3,(H,32,38)(H2,36,37,39). The number of nitrogens with one attached hydrogen (secondary N) is 4. The second-order valence-electron chi connectivity index (χ2n) is 9.36. The van der Waals surface area contributed by atoms with Gasteiger partial charge in [-0.1, -0.05) is 26.0 Å². The van der Waals surface area contributed by atoms with Gasteiger partial charge in [-0.05, 0) is 48.4 Å². The number of urea groups is 1. The molecule has 3 amide bonds. The first kappa shape index (κ1) is 26.4. The molecule has 4 N–H and O–H groups in total. The number of carbonyl (C=O) groups excluding carboxylic acids is 2. The fourth-order valence-corrected chi connectivity index (χ4v) is 4.14. The first-order chi connectivity index (χ1) is 19.3. The SMILES string of the molecule is CNC(=O)c1cc(Oc2ccc(NC(=O)Nc3cc(C(C)C)[nH]c3-c3ccc4ncccc4c3)c(F)c2)ccn1. The number of pyridine rings is 2. The van der Waals surface area contributed by atoms with Crippen molar-refractivity contribution in [3.8, 4) is 22.8 Å². The molecule has 0 aliphatic rings. The Morgan fingerprint density at radius 1 is 0.900 bits per heavy atom. The summed E-state index contributed by atoms with van der Waals surface area (Å²) < 4.78 is 20.6. The summed E-state index contributed by atoms with van der Waals surface area (Å²) in [7, 11) is 1.50. The van der Waals surface area contributed by atoms with Crippen LogP contribution in [-0.2, 0) is 0 Å². The van der Waals surface area contributed by atoms with Crippen LogP contribution in [0.1, 0.15) is 35.9 Å². The highest BCUT2D eigenvalue weighted by Crippen LogP contribution is 2.33. The molecule has 0 unspecified atom stereocenters. The maximum Gasteiger partial charge on any atom is 0.323 e. The second kappa shape index (κ2) is 11.2. The molecule has 0 aliphatic heterocycles. The molecule has 3 aromatic heterocycles. The van der Waals surface area contributed by atoms with Crippen LogP contribution in [0.3, 0.4) is 0 Å². The molecule has 0 aliphatic carbocycles. The number of amides is 3. The average Bonchev–Trinajstić information content (AvgIpc) is 3.38. The topological polar surface area (TPSA) is 121 Å². The Morgan fingerprint density at radius 2 is 1.70 bits per heavy atom. The first-order valence-corrected chi connectivity index (χ1v) is 12.6. The quantitative estimate of drug-likeness (QED) is 0.184. The van der Waals surface area contributed by atoms with Crippen molar-refractivity contribution < 1.29 is 18.7 Å². The number of fused-ring (bicyclic) bond motifs is 1. The Bertz CT molecular complexity index is 1720. The van der Waals surface area contributed by atoms with Gasteiger partial charge in [-0.25, -0.2) is 9.18 Å². The highest BCUT2D eigenvalue weighted by molar-refractivity contribution is 6.02. The van der Waals surface area contributed by atoms with Gasteiger partial charge in [-0.2, -0.15) is 0 Å². The number of hydrogen-bond donors (Lipinski definition) is 4. The number of anilines is 2. The van der Waals surface area contributed by atoms with E-state index in [0.717, 1.165) is 33.9 Å². The molecule has 9 nitrogen and oxygen atoms in total. The van der Waals surface area contributed by atoms with Gasteiger partial charge in [0.25, 0.3) is 5.91 Å². The normalized spacial score (nSPS) is 10.9. The van der Waals surface area contributed by atoms with E-state index in [4.69, 9.17) is 4.74 Å². The van der Waals surface area contributed by atoms with Crippen molar-refractivity contribution in [2.24, 2.45) is 0 Å². The third-order valence-electron chi connectivity index (χ3n) is 6.22. The van der Waals surface area contributed by atoms with Gasteiger partial charge >= 0.3 is 6.03 Å². The van der Waals surface area contributed by atoms with Crippen molar-refractivity contribution in [1.82, 2.24) is 20.3 Å². The molecular formula is C30H27FN6O3. The Kier molecular flexibility index (Phi) is 7.41. The molecule has 0 saturated heterocycles. The molecule has 5 rings (SSSR count). The van der Waals surface area contributed by atoms with Crippen LogP contribution in [0.25, 0.3) is 22.2 Å². The molecule has 40 heavy (non-hydrogen) atoms. The van der Waals surface area contributed by atoms with Gasteiger partial charge in [0.15, 0.2) is 0 Å². The van der Waals surface area contributed by atoms with Crippen molar-refractivity contribution in [3.63, 3.8) is 0 Å². The summed E-state index contributed by atoms with van der Waals surface area (Å²) in [6, 6.07) is 18.1. The molecular weight excluding hydrogens is 511 g/mol. The van der Waals surface area contributed by atoms with Crippen molar-refractivity contribution in [2.75, 3.05) is 17.7 Å². The Hall–Kier alpha value is -5.25. The number of ether oxygens (including phenoxy) is 1. The number of H-pyrrole nitrogens is 1. The molecule has 0 spiro atoms. The summed E-state index contributed by atoms with van der Waals surface area (Å²) >= 11 is 0. The van der Waals surface area contributed by atoms with Gasteiger partial charge in [0.2, 0.25) is 0 Å². The third kappa shape index (κ3) is 5.75. The number of aromatic nitrogens is 3. The van der Waals surface area contributed by atoms with E-state index in [1.165, 1.54) is 31.4 Å². The van der Waals surface area contributed by atoms with Gasteiger partial charge in [-0.15, -0.1) is 0 Å². The summed E-state index contributed by atoms with van der Waals surface area (Å²) in [5, 5.41) is 8.86. The zero-order valence-electron chi connectivity index (χ0n) is 22.1. The minimum Gasteiger partial charge on any atom is -0.457 e. The van der Waals surface area contributed by atoms with Gasteiger partial charge in [0, 0.05) is 48.2 Å². The second-order valence-corrected chi connectivity index (χ2v) is 9.36. The molecule has 0 bridgehead atoms. The van der Waals surface area contributed by atoms with E-state index in [-0.39, 0.29) is 29.0 Å². The summed E-state index contributed by atoms with van der Waals surface area (Å²) in [5.41, 5.74) is 4.14. The van der Waals surface area contributed by atoms with Crippen molar-refractivity contribution >= 4 is 34.2 Å². The number of halogens is 1. The number of hydrogen-bond acceptors (Lipinski definition) is 5. The van der Waals surface area contributed by atoms with E-state index in [0.29, 0.717) is 11.4 Å². The lowest BCUT2D eigenvalue weighted by Crippen LogP contribution is -2.20. The molecule has 0 atom stereocenters. The Balaban J connectivity index is 1.33. The minimum absolute atomic E-state index is 0.0245. The zero-order chi connectivity index (χ0) is 28.2. The highest BCUT2D eigenvalue weighted by Gasteiger charge is 2.17. The average molecular weight is 539 g/mol. The highest BCUT2D eigenvalue weighted by atomic mass is 19.1. The zero-order valence-corrected chi connectivity index (χ0v) is 22.1. The van der Waals surface area contributed by atoms with Crippen LogP contribution in [0.4, 0.5) is 20.6 Å². The number of rotatable bonds is 7. The molecule has 5 aromatic rings. The number of nitrogens with zero attached hydrogens (tertiary/aromatic N) is 2. The molecule has 10 heteroatoms. The Morgan fingerprint density at radius 3 is 2.48 bits per heavy atom.